The zero-order valence-corrected chi connectivity index (χ0v) is 25.3. The number of nitrogens with one attached hydrogen (secondary N) is 2. The number of nitrogen functional groups attached to an aromatic ring is 1. The summed E-state index contributed by atoms with van der Waals surface area (Å²) in [6, 6.07) is 15.5. The molecule has 1 atom stereocenters. The van der Waals surface area contributed by atoms with Crippen LogP contribution in [0.2, 0.25) is 0 Å². The Labute approximate surface area is 267 Å². The van der Waals surface area contributed by atoms with E-state index in [1.54, 1.807) is 0 Å². The number of rotatable bonds is 8. The van der Waals surface area contributed by atoms with Gasteiger partial charge in [0.25, 0.3) is 0 Å². The first kappa shape index (κ1) is 31.9. The van der Waals surface area contributed by atoms with Crippen LogP contribution < -0.4 is 16.4 Å². The van der Waals surface area contributed by atoms with Crippen LogP contribution in [0.3, 0.4) is 0 Å². The number of fused-ring (bicyclic) bond motifs is 1. The molecule has 1 aliphatic heterocycles. The number of nitrogens with zero attached hydrogens (tertiary/aromatic N) is 5. The molecule has 0 saturated carbocycles. The van der Waals surface area contributed by atoms with Gasteiger partial charge < -0.3 is 31.5 Å². The number of benzene rings is 3. The first-order valence-corrected chi connectivity index (χ1v) is 15.1. The van der Waals surface area contributed by atoms with Crippen LogP contribution in [-0.4, -0.2) is 80.2 Å². The summed E-state index contributed by atoms with van der Waals surface area (Å²) in [5, 5.41) is 37.7. The molecule has 3 aromatic carbocycles. The largest absolute Gasteiger partial charge is 0.504 e. The zero-order chi connectivity index (χ0) is 32.8. The number of carbonyl (C=O) groups excluding carboxylic acids is 3. The highest BCUT2D eigenvalue weighted by molar-refractivity contribution is 7.22. The summed E-state index contributed by atoms with van der Waals surface area (Å²) in [7, 11) is 0. The summed E-state index contributed by atoms with van der Waals surface area (Å²) in [5.74, 6) is -2.11. The summed E-state index contributed by atoms with van der Waals surface area (Å²) in [6.45, 7) is -0.489. The van der Waals surface area contributed by atoms with Gasteiger partial charge in [0.15, 0.2) is 16.6 Å². The van der Waals surface area contributed by atoms with Gasteiger partial charge in [-0.3, -0.25) is 9.59 Å². The minimum absolute atomic E-state index is 0.00281. The normalized spacial score (nSPS) is 15.8. The molecule has 46 heavy (non-hydrogen) atoms. The molecule has 5 rings (SSSR count). The number of hydrogen-bond donors (Lipinski definition) is 5. The van der Waals surface area contributed by atoms with Gasteiger partial charge in [0, 0.05) is 32.6 Å². The summed E-state index contributed by atoms with van der Waals surface area (Å²) >= 11 is 1.32. The highest BCUT2D eigenvalue weighted by atomic mass is 32.1. The van der Waals surface area contributed by atoms with Crippen molar-refractivity contribution in [3.8, 4) is 17.6 Å². The first-order chi connectivity index (χ1) is 22.1. The summed E-state index contributed by atoms with van der Waals surface area (Å²) in [4.78, 5) is 46.7. The van der Waals surface area contributed by atoms with Crippen molar-refractivity contribution < 1.29 is 29.0 Å². The molecule has 0 aliphatic carbocycles. The molecule has 4 aromatic rings. The molecule has 1 aromatic heterocycles. The Hall–Kier alpha value is -5.46. The van der Waals surface area contributed by atoms with E-state index in [2.05, 4.69) is 15.6 Å². The van der Waals surface area contributed by atoms with Crippen molar-refractivity contribution in [2.24, 2.45) is 0 Å². The molecule has 0 spiro atoms. The molecule has 1 aliphatic rings. The van der Waals surface area contributed by atoms with Crippen LogP contribution in [0.25, 0.3) is 10.2 Å². The van der Waals surface area contributed by atoms with Crippen molar-refractivity contribution in [2.75, 3.05) is 31.9 Å². The number of carbonyl (C=O) groups is 3. The molecule has 0 radical (unpaired) electrons. The highest BCUT2D eigenvalue weighted by Crippen LogP contribution is 2.28. The SMILES string of the molecule is N#CCN(C(=O)NCc1ccc(F)cc1)N1CCN(Cc2cccc3sc(N)nc23)C(=O)[C@H](Cc2ccc(O)c(O)c2)NC(=O)C1. The number of phenols is 2. The number of hydrogen-bond acceptors (Lipinski definition) is 10. The fourth-order valence-electron chi connectivity index (χ4n) is 5.14. The summed E-state index contributed by atoms with van der Waals surface area (Å²) < 4.78 is 14.2. The maximum atomic E-state index is 14.1. The van der Waals surface area contributed by atoms with E-state index in [1.807, 2.05) is 24.3 Å². The highest BCUT2D eigenvalue weighted by Gasteiger charge is 2.32. The lowest BCUT2D eigenvalue weighted by molar-refractivity contribution is -0.136. The molecule has 238 valence electrons. The zero-order valence-electron chi connectivity index (χ0n) is 24.5. The smallest absolute Gasteiger partial charge is 0.333 e. The fraction of sp³-hybridized carbons (Fsp3) is 0.258. The van der Waals surface area contributed by atoms with Gasteiger partial charge in [0.05, 0.1) is 22.8 Å². The van der Waals surface area contributed by atoms with Gasteiger partial charge in [0.1, 0.15) is 18.4 Å². The topological polar surface area (TPSA) is 188 Å². The minimum atomic E-state index is -1.06. The number of halogens is 1. The molecule has 1 fully saturated rings. The maximum Gasteiger partial charge on any atom is 0.333 e. The Morgan fingerprint density at radius 3 is 2.63 bits per heavy atom. The molecule has 15 heteroatoms. The van der Waals surface area contributed by atoms with E-state index in [0.29, 0.717) is 21.8 Å². The second kappa shape index (κ2) is 14.1. The van der Waals surface area contributed by atoms with Crippen molar-refractivity contribution in [2.45, 2.75) is 25.6 Å². The van der Waals surface area contributed by atoms with E-state index in [4.69, 9.17) is 5.73 Å². The maximum absolute atomic E-state index is 14.1. The van der Waals surface area contributed by atoms with Crippen molar-refractivity contribution in [3.63, 3.8) is 0 Å². The molecule has 4 amide bonds. The lowest BCUT2D eigenvalue weighted by Crippen LogP contribution is -2.55. The Bertz CT molecular complexity index is 1790. The Morgan fingerprint density at radius 2 is 1.89 bits per heavy atom. The van der Waals surface area contributed by atoms with Gasteiger partial charge in [-0.05, 0) is 47.0 Å². The third-order valence-electron chi connectivity index (χ3n) is 7.41. The van der Waals surface area contributed by atoms with Crippen LogP contribution in [0.15, 0.2) is 60.7 Å². The summed E-state index contributed by atoms with van der Waals surface area (Å²) in [6.07, 6.45) is 0.00281. The van der Waals surface area contributed by atoms with Gasteiger partial charge in [0.2, 0.25) is 11.8 Å². The molecular weight excluding hydrogens is 615 g/mol. The number of phenolic OH excluding ortho intramolecular Hbond substituents is 2. The number of amides is 4. The second-order valence-electron chi connectivity index (χ2n) is 10.6. The average Bonchev–Trinajstić information content (AvgIpc) is 3.44. The third-order valence-corrected chi connectivity index (χ3v) is 8.26. The summed E-state index contributed by atoms with van der Waals surface area (Å²) in [5.41, 5.74) is 8.45. The van der Waals surface area contributed by atoms with Crippen LogP contribution in [0.5, 0.6) is 11.5 Å². The molecule has 1 saturated heterocycles. The molecule has 0 unspecified atom stereocenters. The third kappa shape index (κ3) is 7.60. The van der Waals surface area contributed by atoms with E-state index in [0.717, 1.165) is 15.3 Å². The number of urea groups is 1. The van der Waals surface area contributed by atoms with Crippen molar-refractivity contribution >= 4 is 44.5 Å². The lowest BCUT2D eigenvalue weighted by atomic mass is 10.0. The minimum Gasteiger partial charge on any atom is -0.504 e. The van der Waals surface area contributed by atoms with E-state index in [9.17, 15) is 34.2 Å². The second-order valence-corrected chi connectivity index (χ2v) is 11.7. The monoisotopic (exact) mass is 646 g/mol. The number of aromatic nitrogens is 1. The lowest BCUT2D eigenvalue weighted by Gasteiger charge is -2.33. The number of thiazole rings is 1. The van der Waals surface area contributed by atoms with Gasteiger partial charge in [-0.1, -0.05) is 41.7 Å². The van der Waals surface area contributed by atoms with Gasteiger partial charge in [-0.25, -0.2) is 24.2 Å². The van der Waals surface area contributed by atoms with E-state index in [-0.39, 0.29) is 57.2 Å². The number of hydrazine groups is 1. The number of aromatic hydroxyl groups is 2. The molecular formula is C31H31FN8O5S. The van der Waals surface area contributed by atoms with Crippen LogP contribution in [0.4, 0.5) is 14.3 Å². The van der Waals surface area contributed by atoms with E-state index >= 15 is 0 Å². The number of para-hydroxylation sites is 1. The predicted octanol–water partition coefficient (Wildman–Crippen LogP) is 2.45. The number of anilines is 1. The molecule has 2 heterocycles. The molecule has 6 N–H and O–H groups in total. The van der Waals surface area contributed by atoms with Crippen LogP contribution >= 0.6 is 11.3 Å². The Balaban J connectivity index is 1.43. The standard InChI is InChI=1S/C31H31FN8O5S/c32-22-7-4-19(5-8-22)16-35-31(45)40(11-10-33)39-13-12-38(17-21-2-1-3-26-28(21)37-30(34)46-26)29(44)23(36-27(43)18-39)14-20-6-9-24(41)25(42)15-20/h1-9,15,23,41-42H,11-14,16-18H2,(H2,34,37)(H,35,45)(H,36,43)/t23-/m0/s1. The van der Waals surface area contributed by atoms with Crippen LogP contribution in [0, 0.1) is 17.1 Å². The van der Waals surface area contributed by atoms with Crippen LogP contribution in [-0.2, 0) is 29.1 Å². The van der Waals surface area contributed by atoms with Crippen molar-refractivity contribution in [1.82, 2.24) is 30.5 Å². The van der Waals surface area contributed by atoms with E-state index < -0.39 is 29.7 Å². The van der Waals surface area contributed by atoms with Crippen molar-refractivity contribution in [3.05, 3.63) is 83.2 Å². The predicted molar refractivity (Wildman–Crippen MR) is 167 cm³/mol. The Morgan fingerprint density at radius 1 is 1.13 bits per heavy atom. The van der Waals surface area contributed by atoms with E-state index in [1.165, 1.54) is 63.7 Å². The van der Waals surface area contributed by atoms with Gasteiger partial charge in [-0.2, -0.15) is 5.26 Å². The number of nitriles is 1. The van der Waals surface area contributed by atoms with Crippen molar-refractivity contribution in [1.29, 1.82) is 5.26 Å². The fourth-order valence-corrected chi connectivity index (χ4v) is 5.92. The Kier molecular flexibility index (Phi) is 9.79. The van der Waals surface area contributed by atoms with Gasteiger partial charge in [-0.15, -0.1) is 0 Å². The first-order valence-electron chi connectivity index (χ1n) is 14.3. The quantitative estimate of drug-likeness (QED) is 0.142. The average molecular weight is 647 g/mol. The molecule has 13 nitrogen and oxygen atoms in total. The molecule has 0 bridgehead atoms. The number of nitrogens with two attached hydrogens (primary N) is 1. The van der Waals surface area contributed by atoms with Crippen LogP contribution in [0.1, 0.15) is 16.7 Å². The van der Waals surface area contributed by atoms with Gasteiger partial charge >= 0.3 is 6.03 Å².